The third kappa shape index (κ3) is 13.1. The molecule has 9 rings (SSSR count). The van der Waals surface area contributed by atoms with Gasteiger partial charge in [-0.25, -0.2) is 0 Å². The number of nitrogens with zero attached hydrogens (tertiary/aromatic N) is 2. The minimum absolute atomic E-state index is 0.227. The van der Waals surface area contributed by atoms with Gasteiger partial charge < -0.3 is 19.6 Å². The fraction of sp³-hybridized carbons (Fsp3) is 0.152. The third-order valence-electron chi connectivity index (χ3n) is 12.8. The summed E-state index contributed by atoms with van der Waals surface area (Å²) in [6.07, 6.45) is 5.53. The second-order valence-electron chi connectivity index (χ2n) is 17.9. The highest BCUT2D eigenvalue weighted by molar-refractivity contribution is 5.80. The Morgan fingerprint density at radius 2 is 0.814 bits per heavy atom. The lowest BCUT2D eigenvalue weighted by atomic mass is 10.0. The molecule has 0 aliphatic carbocycles. The summed E-state index contributed by atoms with van der Waals surface area (Å²) in [5, 5.41) is 9.09. The number of aliphatic hydroxyl groups excluding tert-OH is 1. The molecule has 0 bridgehead atoms. The zero-order valence-electron chi connectivity index (χ0n) is 40.8. The smallest absolute Gasteiger partial charge is 0.0716 e. The molecule has 0 aliphatic heterocycles. The molecule has 0 unspecified atom stereocenters. The zero-order chi connectivity index (χ0) is 48.5. The minimum Gasteiger partial charge on any atom is -0.396 e. The first-order valence-corrected chi connectivity index (χ1v) is 24.5. The largest absolute Gasteiger partial charge is 0.396 e. The van der Waals surface area contributed by atoms with E-state index >= 15 is 0 Å². The lowest BCUT2D eigenvalue weighted by Crippen LogP contribution is -2.10. The van der Waals surface area contributed by atoms with Crippen molar-refractivity contribution in [3.05, 3.63) is 270 Å². The summed E-state index contributed by atoms with van der Waals surface area (Å²) in [4.78, 5) is 4.62. The molecule has 0 atom stereocenters. The highest BCUT2D eigenvalue weighted by atomic mass is 16.5. The molecule has 0 heterocycles. The highest BCUT2D eigenvalue weighted by Gasteiger charge is 2.15. The first kappa shape index (κ1) is 48.7. The Morgan fingerprint density at radius 3 is 1.27 bits per heavy atom. The Labute approximate surface area is 416 Å². The maximum Gasteiger partial charge on any atom is 0.0716 e. The summed E-state index contributed by atoms with van der Waals surface area (Å²) >= 11 is 0. The predicted octanol–water partition coefficient (Wildman–Crippen LogP) is 17.3. The van der Waals surface area contributed by atoms with Crippen LogP contribution >= 0.6 is 0 Å². The van der Waals surface area contributed by atoms with E-state index in [1.165, 1.54) is 55.6 Å². The van der Waals surface area contributed by atoms with Gasteiger partial charge in [-0.2, -0.15) is 0 Å². The van der Waals surface area contributed by atoms with E-state index in [0.29, 0.717) is 6.61 Å². The number of benzene rings is 9. The fourth-order valence-electron chi connectivity index (χ4n) is 8.54. The second kappa shape index (κ2) is 24.5. The van der Waals surface area contributed by atoms with E-state index in [0.717, 1.165) is 72.0 Å². The maximum atomic E-state index is 9.09. The van der Waals surface area contributed by atoms with Crippen LogP contribution in [0.5, 0.6) is 0 Å². The highest BCUT2D eigenvalue weighted by Crippen LogP contribution is 2.38. The molecule has 0 saturated carbocycles. The number of hydrogen-bond acceptors (Lipinski definition) is 4. The zero-order valence-corrected chi connectivity index (χ0v) is 40.8. The molecule has 4 nitrogen and oxygen atoms in total. The molecule has 1 N–H and O–H groups in total. The lowest BCUT2D eigenvalue weighted by Gasteiger charge is -2.26. The van der Waals surface area contributed by atoms with E-state index < -0.39 is 0 Å². The van der Waals surface area contributed by atoms with Crippen molar-refractivity contribution in [2.24, 2.45) is 0 Å². The van der Waals surface area contributed by atoms with Crippen LogP contribution in [-0.4, -0.2) is 18.3 Å². The van der Waals surface area contributed by atoms with Crippen molar-refractivity contribution < 1.29 is 9.84 Å². The SMILES string of the molecule is C=Cc1ccc(COCCCc2ccc(N(c3ccc(-c4ccccc4)cc3)c3ccc(C)c(C)c3)cc2)cc1.Cc1ccc(N(c2ccc(CCCO)cc2)c2ccc(-c3ccccc3)cc2)cc1. The molecule has 0 spiro atoms. The van der Waals surface area contributed by atoms with Crippen LogP contribution in [0.25, 0.3) is 28.3 Å². The van der Waals surface area contributed by atoms with Crippen LogP contribution in [0.1, 0.15) is 51.8 Å². The van der Waals surface area contributed by atoms with E-state index in [9.17, 15) is 0 Å². The minimum atomic E-state index is 0.227. The molecule has 0 saturated heterocycles. The van der Waals surface area contributed by atoms with E-state index in [-0.39, 0.29) is 6.61 Å². The number of hydrogen-bond donors (Lipinski definition) is 1. The average molecular weight is 917 g/mol. The van der Waals surface area contributed by atoms with Gasteiger partial charge in [0.15, 0.2) is 0 Å². The number of aliphatic hydroxyl groups is 1. The Hall–Kier alpha value is -7.76. The predicted molar refractivity (Wildman–Crippen MR) is 297 cm³/mol. The van der Waals surface area contributed by atoms with E-state index in [2.05, 4.69) is 256 Å². The van der Waals surface area contributed by atoms with Crippen molar-refractivity contribution in [3.8, 4) is 22.3 Å². The van der Waals surface area contributed by atoms with Crippen LogP contribution < -0.4 is 9.80 Å². The van der Waals surface area contributed by atoms with Gasteiger partial charge in [0.2, 0.25) is 0 Å². The summed E-state index contributed by atoms with van der Waals surface area (Å²) in [6.45, 7) is 11.9. The number of anilines is 6. The summed E-state index contributed by atoms with van der Waals surface area (Å²) in [5.41, 5.74) is 20.5. The van der Waals surface area contributed by atoms with Crippen molar-refractivity contribution in [2.75, 3.05) is 23.0 Å². The van der Waals surface area contributed by atoms with Crippen molar-refractivity contribution in [2.45, 2.75) is 53.1 Å². The van der Waals surface area contributed by atoms with Gasteiger partial charge in [-0.1, -0.05) is 170 Å². The molecule has 0 aromatic heterocycles. The summed E-state index contributed by atoms with van der Waals surface area (Å²) in [5.74, 6) is 0. The fourth-order valence-corrected chi connectivity index (χ4v) is 8.54. The molecular weight excluding hydrogens is 853 g/mol. The number of rotatable bonds is 18. The van der Waals surface area contributed by atoms with Gasteiger partial charge in [0, 0.05) is 47.3 Å². The molecule has 70 heavy (non-hydrogen) atoms. The molecule has 0 aliphatic rings. The molecule has 0 radical (unpaired) electrons. The van der Waals surface area contributed by atoms with Crippen LogP contribution in [0.3, 0.4) is 0 Å². The Kier molecular flexibility index (Phi) is 17.0. The topological polar surface area (TPSA) is 35.9 Å². The molecule has 0 amide bonds. The quantitative estimate of drug-likeness (QED) is 0.0870. The van der Waals surface area contributed by atoms with Gasteiger partial charge in [0.05, 0.1) is 6.61 Å². The van der Waals surface area contributed by atoms with Crippen molar-refractivity contribution in [3.63, 3.8) is 0 Å². The monoisotopic (exact) mass is 916 g/mol. The van der Waals surface area contributed by atoms with Crippen LogP contribution in [0, 0.1) is 20.8 Å². The van der Waals surface area contributed by atoms with Gasteiger partial charge in [-0.3, -0.25) is 0 Å². The van der Waals surface area contributed by atoms with Gasteiger partial charge >= 0.3 is 0 Å². The van der Waals surface area contributed by atoms with Gasteiger partial charge in [0.1, 0.15) is 0 Å². The normalized spacial score (nSPS) is 10.8. The van der Waals surface area contributed by atoms with Crippen LogP contribution in [0.4, 0.5) is 34.1 Å². The standard InChI is InChI=1S/C38H37NO.C28H27NO/c1-4-31-13-15-33(16-14-31)28-40-26-8-9-32-17-22-36(23-18-32)39(38-21-12-29(2)30(3)27-38)37-24-19-35(20-25-37)34-10-6-5-7-11-34;1-22-9-15-26(16-10-22)29(27-17-11-23(12-18-27)6-5-21-30)28-19-13-25(14-20-28)24-7-3-2-4-8-24/h4-7,10-25,27H,1,8-9,26,28H2,2-3H3;2-4,7-20,30H,5-6,21H2,1H3. The number of aryl methyl sites for hydroxylation is 5. The van der Waals surface area contributed by atoms with Crippen LogP contribution in [0.15, 0.2) is 231 Å². The number of ether oxygens (including phenoxy) is 1. The molecule has 0 fully saturated rings. The van der Waals surface area contributed by atoms with Crippen LogP contribution in [0.2, 0.25) is 0 Å². The summed E-state index contributed by atoms with van der Waals surface area (Å²) in [6, 6.07) is 79.8. The molecular formula is C66H64N2O2. The van der Waals surface area contributed by atoms with Gasteiger partial charge in [0.25, 0.3) is 0 Å². The van der Waals surface area contributed by atoms with Gasteiger partial charge in [-0.15, -0.1) is 0 Å². The van der Waals surface area contributed by atoms with Crippen LogP contribution in [-0.2, 0) is 24.2 Å². The Balaban J connectivity index is 0.000000196. The molecule has 350 valence electrons. The third-order valence-corrected chi connectivity index (χ3v) is 12.8. The van der Waals surface area contributed by atoms with Crippen molar-refractivity contribution >= 4 is 40.2 Å². The summed E-state index contributed by atoms with van der Waals surface area (Å²) < 4.78 is 5.92. The van der Waals surface area contributed by atoms with E-state index in [1.807, 2.05) is 12.1 Å². The van der Waals surface area contributed by atoms with Crippen molar-refractivity contribution in [1.82, 2.24) is 0 Å². The van der Waals surface area contributed by atoms with E-state index in [4.69, 9.17) is 9.84 Å². The lowest BCUT2D eigenvalue weighted by molar-refractivity contribution is 0.118. The van der Waals surface area contributed by atoms with Crippen molar-refractivity contribution in [1.29, 1.82) is 0 Å². The first-order chi connectivity index (χ1) is 34.3. The van der Waals surface area contributed by atoms with Gasteiger partial charge in [-0.05, 0) is 175 Å². The Bertz CT molecular complexity index is 2980. The molecule has 4 heteroatoms. The molecule has 9 aromatic carbocycles. The van der Waals surface area contributed by atoms with E-state index in [1.54, 1.807) is 0 Å². The Morgan fingerprint density at radius 1 is 0.414 bits per heavy atom. The second-order valence-corrected chi connectivity index (χ2v) is 17.9. The summed E-state index contributed by atoms with van der Waals surface area (Å²) in [7, 11) is 0. The average Bonchev–Trinajstić information content (AvgIpc) is 3.41. The maximum absolute atomic E-state index is 9.09. The molecule has 9 aromatic rings. The first-order valence-electron chi connectivity index (χ1n) is 24.5.